The number of hydrogen-bond acceptors (Lipinski definition) is 4. The van der Waals surface area contributed by atoms with Crippen molar-refractivity contribution in [3.05, 3.63) is 17.0 Å². The SMILES string of the molecule is CC1(C)CCCC1C(=O)NCc1ccc(S(N)(=O)=O)s1. The van der Waals surface area contributed by atoms with Crippen LogP contribution in [0.25, 0.3) is 0 Å². The number of primary sulfonamides is 1. The number of carbonyl (C=O) groups is 1. The van der Waals surface area contributed by atoms with Gasteiger partial charge >= 0.3 is 0 Å². The van der Waals surface area contributed by atoms with Crippen LogP contribution in [0.5, 0.6) is 0 Å². The monoisotopic (exact) mass is 316 g/mol. The highest BCUT2D eigenvalue weighted by molar-refractivity contribution is 7.91. The van der Waals surface area contributed by atoms with Gasteiger partial charge in [-0.1, -0.05) is 20.3 Å². The smallest absolute Gasteiger partial charge is 0.247 e. The first-order valence-electron chi connectivity index (χ1n) is 6.59. The second-order valence-electron chi connectivity index (χ2n) is 5.92. The topological polar surface area (TPSA) is 89.3 Å². The van der Waals surface area contributed by atoms with Gasteiger partial charge in [0.15, 0.2) is 0 Å². The third-order valence-corrected chi connectivity index (χ3v) is 6.45. The molecule has 0 aromatic carbocycles. The highest BCUT2D eigenvalue weighted by atomic mass is 32.2. The van der Waals surface area contributed by atoms with Crippen molar-refractivity contribution in [1.82, 2.24) is 5.32 Å². The lowest BCUT2D eigenvalue weighted by atomic mass is 9.81. The Morgan fingerprint density at radius 2 is 2.20 bits per heavy atom. The Kier molecular flexibility index (Phi) is 4.22. The van der Waals surface area contributed by atoms with Gasteiger partial charge < -0.3 is 5.32 Å². The lowest BCUT2D eigenvalue weighted by molar-refractivity contribution is -0.127. The molecule has 1 aliphatic carbocycles. The Bertz CT molecular complexity index is 605. The molecule has 112 valence electrons. The Morgan fingerprint density at radius 1 is 1.50 bits per heavy atom. The molecule has 1 amide bonds. The fourth-order valence-electron chi connectivity index (χ4n) is 2.72. The average molecular weight is 316 g/mol. The Hall–Kier alpha value is -0.920. The van der Waals surface area contributed by atoms with E-state index < -0.39 is 10.0 Å². The maximum Gasteiger partial charge on any atom is 0.247 e. The molecule has 1 aromatic rings. The van der Waals surface area contributed by atoms with E-state index in [1.54, 1.807) is 6.07 Å². The van der Waals surface area contributed by atoms with Gasteiger partial charge in [0, 0.05) is 10.8 Å². The van der Waals surface area contributed by atoms with Gasteiger partial charge in [-0.15, -0.1) is 11.3 Å². The summed E-state index contributed by atoms with van der Waals surface area (Å²) in [4.78, 5) is 13.0. The van der Waals surface area contributed by atoms with Crippen LogP contribution in [-0.4, -0.2) is 14.3 Å². The van der Waals surface area contributed by atoms with Crippen LogP contribution >= 0.6 is 11.3 Å². The van der Waals surface area contributed by atoms with E-state index in [1.807, 2.05) is 0 Å². The van der Waals surface area contributed by atoms with Gasteiger partial charge in [-0.2, -0.15) is 0 Å². The first-order chi connectivity index (χ1) is 9.20. The van der Waals surface area contributed by atoms with Crippen molar-refractivity contribution in [3.63, 3.8) is 0 Å². The van der Waals surface area contributed by atoms with Crippen LogP contribution in [0.3, 0.4) is 0 Å². The maximum absolute atomic E-state index is 12.2. The molecule has 5 nitrogen and oxygen atoms in total. The Balaban J connectivity index is 1.96. The van der Waals surface area contributed by atoms with E-state index in [9.17, 15) is 13.2 Å². The number of amides is 1. The third-order valence-electron chi connectivity index (χ3n) is 3.93. The molecular weight excluding hydrogens is 296 g/mol. The fraction of sp³-hybridized carbons (Fsp3) is 0.615. The summed E-state index contributed by atoms with van der Waals surface area (Å²) in [7, 11) is -3.65. The Morgan fingerprint density at radius 3 is 2.70 bits per heavy atom. The molecule has 1 heterocycles. The first kappa shape index (κ1) is 15.5. The highest BCUT2D eigenvalue weighted by Crippen LogP contribution is 2.42. The number of nitrogens with two attached hydrogens (primary N) is 1. The predicted octanol–water partition coefficient (Wildman–Crippen LogP) is 1.84. The van der Waals surface area contributed by atoms with E-state index in [2.05, 4.69) is 19.2 Å². The zero-order valence-corrected chi connectivity index (χ0v) is 13.3. The molecule has 1 aliphatic rings. The summed E-state index contributed by atoms with van der Waals surface area (Å²) < 4.78 is 22.5. The quantitative estimate of drug-likeness (QED) is 0.888. The van der Waals surface area contributed by atoms with Gasteiger partial charge in [-0.05, 0) is 30.4 Å². The van der Waals surface area contributed by atoms with Crippen LogP contribution in [0.4, 0.5) is 0 Å². The Labute approximate surface area is 123 Å². The number of thiophene rings is 1. The normalized spacial score (nSPS) is 21.9. The summed E-state index contributed by atoms with van der Waals surface area (Å²) >= 11 is 1.10. The number of hydrogen-bond donors (Lipinski definition) is 2. The summed E-state index contributed by atoms with van der Waals surface area (Å²) in [5, 5.41) is 7.95. The maximum atomic E-state index is 12.2. The van der Waals surface area contributed by atoms with E-state index in [4.69, 9.17) is 5.14 Å². The molecular formula is C13H20N2O3S2. The standard InChI is InChI=1S/C13H20N2O3S2/c1-13(2)7-3-4-10(13)12(16)15-8-9-5-6-11(19-9)20(14,17)18/h5-6,10H,3-4,7-8H2,1-2H3,(H,15,16)(H2,14,17,18). The molecule has 1 fully saturated rings. The van der Waals surface area contributed by atoms with E-state index in [1.165, 1.54) is 6.07 Å². The molecule has 0 bridgehead atoms. The highest BCUT2D eigenvalue weighted by Gasteiger charge is 2.39. The van der Waals surface area contributed by atoms with Crippen LogP contribution in [0, 0.1) is 11.3 Å². The molecule has 1 atom stereocenters. The molecule has 0 spiro atoms. The van der Waals surface area contributed by atoms with Gasteiger partial charge in [0.25, 0.3) is 0 Å². The zero-order valence-electron chi connectivity index (χ0n) is 11.7. The van der Waals surface area contributed by atoms with Crippen molar-refractivity contribution in [1.29, 1.82) is 0 Å². The van der Waals surface area contributed by atoms with Crippen LogP contribution in [0.2, 0.25) is 0 Å². The van der Waals surface area contributed by atoms with Gasteiger partial charge in [-0.25, -0.2) is 13.6 Å². The van der Waals surface area contributed by atoms with Crippen molar-refractivity contribution < 1.29 is 13.2 Å². The molecule has 3 N–H and O–H groups in total. The van der Waals surface area contributed by atoms with Crippen LogP contribution < -0.4 is 10.5 Å². The van der Waals surface area contributed by atoms with E-state index >= 15 is 0 Å². The van der Waals surface area contributed by atoms with Crippen molar-refractivity contribution in [3.8, 4) is 0 Å². The summed E-state index contributed by atoms with van der Waals surface area (Å²) in [6.07, 6.45) is 3.07. The minimum absolute atomic E-state index is 0.0418. The summed E-state index contributed by atoms with van der Waals surface area (Å²) in [6.45, 7) is 4.59. The van der Waals surface area contributed by atoms with Crippen molar-refractivity contribution in [2.45, 2.75) is 43.9 Å². The third kappa shape index (κ3) is 3.39. The molecule has 1 unspecified atom stereocenters. The van der Waals surface area contributed by atoms with Crippen LogP contribution in [-0.2, 0) is 21.4 Å². The van der Waals surface area contributed by atoms with Crippen LogP contribution in [0.1, 0.15) is 38.0 Å². The van der Waals surface area contributed by atoms with Gasteiger partial charge in [-0.3, -0.25) is 4.79 Å². The molecule has 0 saturated heterocycles. The second-order valence-corrected chi connectivity index (χ2v) is 8.87. The lowest BCUT2D eigenvalue weighted by Crippen LogP contribution is -2.35. The molecule has 0 radical (unpaired) electrons. The largest absolute Gasteiger partial charge is 0.351 e. The molecule has 20 heavy (non-hydrogen) atoms. The summed E-state index contributed by atoms with van der Waals surface area (Å²) in [5.41, 5.74) is 0.0469. The number of carbonyl (C=O) groups excluding carboxylic acids is 1. The average Bonchev–Trinajstić information content (AvgIpc) is 2.91. The summed E-state index contributed by atoms with van der Waals surface area (Å²) in [5.74, 6) is 0.0956. The first-order valence-corrected chi connectivity index (χ1v) is 8.96. The summed E-state index contributed by atoms with van der Waals surface area (Å²) in [6, 6.07) is 3.16. The van der Waals surface area contributed by atoms with E-state index in [-0.39, 0.29) is 21.4 Å². The van der Waals surface area contributed by atoms with Gasteiger partial charge in [0.2, 0.25) is 15.9 Å². The van der Waals surface area contributed by atoms with E-state index in [0.29, 0.717) is 6.54 Å². The van der Waals surface area contributed by atoms with Gasteiger partial charge in [0.1, 0.15) is 4.21 Å². The molecule has 1 saturated carbocycles. The molecule has 0 aliphatic heterocycles. The van der Waals surface area contributed by atoms with E-state index in [0.717, 1.165) is 35.5 Å². The van der Waals surface area contributed by atoms with Crippen LogP contribution in [0.15, 0.2) is 16.3 Å². The predicted molar refractivity (Wildman–Crippen MR) is 78.7 cm³/mol. The minimum atomic E-state index is -3.65. The molecule has 7 heteroatoms. The number of sulfonamides is 1. The van der Waals surface area contributed by atoms with Gasteiger partial charge in [0.05, 0.1) is 6.54 Å². The second kappa shape index (κ2) is 5.46. The molecule has 2 rings (SSSR count). The zero-order chi connectivity index (χ0) is 15.0. The lowest BCUT2D eigenvalue weighted by Gasteiger charge is -2.25. The van der Waals surface area contributed by atoms with Crippen molar-refractivity contribution in [2.24, 2.45) is 16.5 Å². The number of nitrogens with one attached hydrogen (secondary N) is 1. The van der Waals surface area contributed by atoms with Crippen molar-refractivity contribution in [2.75, 3.05) is 0 Å². The fourth-order valence-corrected chi connectivity index (χ4v) is 4.43. The minimum Gasteiger partial charge on any atom is -0.351 e. The molecule has 1 aromatic heterocycles. The van der Waals surface area contributed by atoms with Crippen molar-refractivity contribution >= 4 is 27.3 Å². The number of rotatable bonds is 4.